The van der Waals surface area contributed by atoms with Crippen LogP contribution in [-0.2, 0) is 6.54 Å². The normalized spacial score (nSPS) is 10.8. The minimum Gasteiger partial charge on any atom is -0.464 e. The van der Waals surface area contributed by atoms with Crippen LogP contribution in [0.2, 0.25) is 0 Å². The molecule has 0 amide bonds. The molecule has 1 aromatic carbocycles. The minimum atomic E-state index is -0.853. The number of rotatable bonds is 3. The van der Waals surface area contributed by atoms with Crippen molar-refractivity contribution < 1.29 is 13.2 Å². The Morgan fingerprint density at radius 1 is 1.11 bits per heavy atom. The molecule has 0 bridgehead atoms. The van der Waals surface area contributed by atoms with E-state index < -0.39 is 11.6 Å². The maximum Gasteiger partial charge on any atom is 0.159 e. The number of anilines is 1. The second-order valence-corrected chi connectivity index (χ2v) is 4.09. The van der Waals surface area contributed by atoms with Gasteiger partial charge in [0.15, 0.2) is 11.6 Å². The van der Waals surface area contributed by atoms with Crippen LogP contribution in [0.15, 0.2) is 47.2 Å². The zero-order valence-corrected chi connectivity index (χ0v) is 9.86. The highest BCUT2D eigenvalue weighted by Gasteiger charge is 2.06. The first kappa shape index (κ1) is 11.6. The monoisotopic (exact) mass is 260 g/mol. The summed E-state index contributed by atoms with van der Waals surface area (Å²) in [6.45, 7) is 0.356. The zero-order valence-electron chi connectivity index (χ0n) is 9.86. The van der Waals surface area contributed by atoms with Crippen molar-refractivity contribution in [2.45, 2.75) is 6.54 Å². The van der Waals surface area contributed by atoms with E-state index in [1.807, 2.05) is 0 Å². The summed E-state index contributed by atoms with van der Waals surface area (Å²) in [5, 5.41) is 3.93. The van der Waals surface area contributed by atoms with Gasteiger partial charge in [-0.25, -0.2) is 13.8 Å². The second-order valence-electron chi connectivity index (χ2n) is 4.09. The quantitative estimate of drug-likeness (QED) is 0.780. The van der Waals surface area contributed by atoms with Crippen LogP contribution in [0, 0.1) is 11.6 Å². The van der Waals surface area contributed by atoms with Crippen LogP contribution < -0.4 is 5.32 Å². The molecule has 0 unspecified atom stereocenters. The first-order valence-corrected chi connectivity index (χ1v) is 5.74. The third-order valence-electron chi connectivity index (χ3n) is 2.82. The summed E-state index contributed by atoms with van der Waals surface area (Å²) in [5.41, 5.74) is 1.36. The smallest absolute Gasteiger partial charge is 0.159 e. The predicted molar refractivity (Wildman–Crippen MR) is 67.7 cm³/mol. The lowest BCUT2D eigenvalue weighted by Gasteiger charge is -2.06. The van der Waals surface area contributed by atoms with Crippen molar-refractivity contribution in [2.24, 2.45) is 0 Å². The van der Waals surface area contributed by atoms with E-state index in [4.69, 9.17) is 4.42 Å². The average Bonchev–Trinajstić information content (AvgIpc) is 2.89. The number of pyridine rings is 1. The lowest BCUT2D eigenvalue weighted by molar-refractivity contribution is 0.507. The Bertz CT molecular complexity index is 724. The third kappa shape index (κ3) is 2.27. The van der Waals surface area contributed by atoms with Crippen molar-refractivity contribution in [1.82, 2.24) is 4.98 Å². The molecular weight excluding hydrogens is 250 g/mol. The van der Waals surface area contributed by atoms with E-state index in [-0.39, 0.29) is 0 Å². The maximum atomic E-state index is 13.1. The third-order valence-corrected chi connectivity index (χ3v) is 2.82. The van der Waals surface area contributed by atoms with E-state index in [9.17, 15) is 8.78 Å². The molecule has 0 aliphatic rings. The first-order valence-electron chi connectivity index (χ1n) is 5.74. The van der Waals surface area contributed by atoms with Crippen LogP contribution in [0.25, 0.3) is 11.0 Å². The lowest BCUT2D eigenvalue weighted by Crippen LogP contribution is -2.02. The summed E-state index contributed by atoms with van der Waals surface area (Å²) < 4.78 is 31.1. The second kappa shape index (κ2) is 4.68. The van der Waals surface area contributed by atoms with Crippen molar-refractivity contribution in [2.75, 3.05) is 5.32 Å². The van der Waals surface area contributed by atoms with Gasteiger partial charge in [-0.1, -0.05) is 6.07 Å². The summed E-state index contributed by atoms with van der Waals surface area (Å²) in [4.78, 5) is 4.20. The Balaban J connectivity index is 1.82. The number of hydrogen-bond acceptors (Lipinski definition) is 3. The van der Waals surface area contributed by atoms with Gasteiger partial charge in [0.05, 0.1) is 11.6 Å². The Morgan fingerprint density at radius 3 is 2.84 bits per heavy atom. The molecule has 0 fully saturated rings. The molecule has 0 saturated heterocycles. The average molecular weight is 260 g/mol. The van der Waals surface area contributed by atoms with E-state index >= 15 is 0 Å². The fourth-order valence-electron chi connectivity index (χ4n) is 1.87. The van der Waals surface area contributed by atoms with Crippen LogP contribution in [-0.4, -0.2) is 4.98 Å². The summed E-state index contributed by atoms with van der Waals surface area (Å²) >= 11 is 0. The summed E-state index contributed by atoms with van der Waals surface area (Å²) in [6, 6.07) is 7.37. The number of furan rings is 1. The van der Waals surface area contributed by atoms with Crippen LogP contribution in [0.3, 0.4) is 0 Å². The molecule has 3 aromatic rings. The first-order chi connectivity index (χ1) is 9.24. The Labute approximate surface area is 107 Å². The van der Waals surface area contributed by atoms with Gasteiger partial charge in [0.25, 0.3) is 0 Å². The number of fused-ring (bicyclic) bond motifs is 1. The summed E-state index contributed by atoms with van der Waals surface area (Å²) in [6.07, 6.45) is 3.20. The Morgan fingerprint density at radius 2 is 2.00 bits per heavy atom. The van der Waals surface area contributed by atoms with Crippen LogP contribution in [0.5, 0.6) is 0 Å². The van der Waals surface area contributed by atoms with Gasteiger partial charge < -0.3 is 9.73 Å². The predicted octanol–water partition coefficient (Wildman–Crippen LogP) is 3.72. The number of halogens is 2. The van der Waals surface area contributed by atoms with Crippen molar-refractivity contribution >= 4 is 16.8 Å². The van der Waals surface area contributed by atoms with Gasteiger partial charge in [-0.15, -0.1) is 0 Å². The lowest BCUT2D eigenvalue weighted by atomic mass is 10.2. The fraction of sp³-hybridized carbons (Fsp3) is 0.0714. The fourth-order valence-corrected chi connectivity index (χ4v) is 1.87. The van der Waals surface area contributed by atoms with E-state index in [1.165, 1.54) is 6.07 Å². The van der Waals surface area contributed by atoms with Gasteiger partial charge in [0.1, 0.15) is 11.4 Å². The van der Waals surface area contributed by atoms with Crippen molar-refractivity contribution in [1.29, 1.82) is 0 Å². The highest BCUT2D eigenvalue weighted by Crippen LogP contribution is 2.22. The molecule has 0 aliphatic carbocycles. The SMILES string of the molecule is Fc1ccc(CNc2nccc3occc23)cc1F. The molecule has 2 heterocycles. The number of benzene rings is 1. The number of nitrogens with one attached hydrogen (secondary N) is 1. The molecule has 96 valence electrons. The Kier molecular flexibility index (Phi) is 2.87. The highest BCUT2D eigenvalue weighted by atomic mass is 19.2. The molecule has 0 saturated carbocycles. The molecule has 1 N–H and O–H groups in total. The number of aromatic nitrogens is 1. The van der Waals surface area contributed by atoms with Gasteiger partial charge in [-0.2, -0.15) is 0 Å². The molecule has 3 nitrogen and oxygen atoms in total. The molecule has 0 atom stereocenters. The molecule has 19 heavy (non-hydrogen) atoms. The van der Waals surface area contributed by atoms with Gasteiger partial charge in [-0.3, -0.25) is 0 Å². The van der Waals surface area contributed by atoms with Crippen molar-refractivity contribution in [3.63, 3.8) is 0 Å². The van der Waals surface area contributed by atoms with Crippen LogP contribution >= 0.6 is 0 Å². The standard InChI is InChI=1S/C14H10F2N2O/c15-11-2-1-9(7-12(11)16)8-18-14-10-4-6-19-13(10)3-5-17-14/h1-7H,8H2,(H,17,18). The molecule has 5 heteroatoms. The number of hydrogen-bond donors (Lipinski definition) is 1. The molecule has 0 radical (unpaired) electrons. The summed E-state index contributed by atoms with van der Waals surface area (Å²) in [7, 11) is 0. The highest BCUT2D eigenvalue weighted by molar-refractivity contribution is 5.87. The molecule has 0 spiro atoms. The van der Waals surface area contributed by atoms with E-state index in [1.54, 1.807) is 24.6 Å². The van der Waals surface area contributed by atoms with Gasteiger partial charge in [0, 0.05) is 12.7 Å². The number of nitrogens with zero attached hydrogens (tertiary/aromatic N) is 1. The molecular formula is C14H10F2N2O. The summed E-state index contributed by atoms with van der Waals surface area (Å²) in [5.74, 6) is -1.05. The molecule has 0 aliphatic heterocycles. The van der Waals surface area contributed by atoms with Gasteiger partial charge in [0.2, 0.25) is 0 Å². The van der Waals surface area contributed by atoms with E-state index in [0.717, 1.165) is 23.1 Å². The van der Waals surface area contributed by atoms with Crippen LogP contribution in [0.4, 0.5) is 14.6 Å². The van der Waals surface area contributed by atoms with Crippen molar-refractivity contribution in [3.8, 4) is 0 Å². The Hall–Kier alpha value is -2.43. The van der Waals surface area contributed by atoms with Crippen molar-refractivity contribution in [3.05, 3.63) is 60.0 Å². The van der Waals surface area contributed by atoms with E-state index in [2.05, 4.69) is 10.3 Å². The molecule has 2 aromatic heterocycles. The van der Waals surface area contributed by atoms with Gasteiger partial charge in [-0.05, 0) is 29.8 Å². The minimum absolute atomic E-state index is 0.356. The topological polar surface area (TPSA) is 38.1 Å². The maximum absolute atomic E-state index is 13.1. The largest absolute Gasteiger partial charge is 0.464 e. The zero-order chi connectivity index (χ0) is 13.2. The molecule has 3 rings (SSSR count). The van der Waals surface area contributed by atoms with E-state index in [0.29, 0.717) is 17.9 Å². The van der Waals surface area contributed by atoms with Crippen LogP contribution in [0.1, 0.15) is 5.56 Å². The van der Waals surface area contributed by atoms with Gasteiger partial charge >= 0.3 is 0 Å².